The van der Waals surface area contributed by atoms with Crippen molar-refractivity contribution in [3.05, 3.63) is 41.4 Å². The molecule has 3 rings (SSSR count). The SMILES string of the molecule is CC(C)(C)c1ccc(OCC(O)CN2CCN(c3nccs3)CC2)cc1. The van der Waals surface area contributed by atoms with Crippen molar-refractivity contribution in [3.8, 4) is 5.75 Å². The van der Waals surface area contributed by atoms with Crippen molar-refractivity contribution in [2.45, 2.75) is 32.3 Å². The topological polar surface area (TPSA) is 48.8 Å². The molecule has 1 aromatic heterocycles. The molecule has 1 aromatic carbocycles. The zero-order chi connectivity index (χ0) is 18.6. The van der Waals surface area contributed by atoms with E-state index in [1.165, 1.54) is 5.56 Å². The maximum Gasteiger partial charge on any atom is 0.185 e. The minimum absolute atomic E-state index is 0.138. The second-order valence-corrected chi connectivity index (χ2v) is 8.71. The summed E-state index contributed by atoms with van der Waals surface area (Å²) in [6.07, 6.45) is 1.37. The van der Waals surface area contributed by atoms with Crippen LogP contribution >= 0.6 is 11.3 Å². The molecule has 2 heterocycles. The Bertz CT molecular complexity index is 659. The number of benzene rings is 1. The molecule has 1 atom stereocenters. The Morgan fingerprint density at radius 3 is 2.42 bits per heavy atom. The molecule has 1 fully saturated rings. The molecule has 0 aliphatic carbocycles. The van der Waals surface area contributed by atoms with Crippen LogP contribution in [-0.4, -0.2) is 60.4 Å². The van der Waals surface area contributed by atoms with Crippen LogP contribution < -0.4 is 9.64 Å². The van der Waals surface area contributed by atoms with E-state index < -0.39 is 6.10 Å². The van der Waals surface area contributed by atoms with E-state index >= 15 is 0 Å². The van der Waals surface area contributed by atoms with Gasteiger partial charge >= 0.3 is 0 Å². The summed E-state index contributed by atoms with van der Waals surface area (Å²) in [5, 5.41) is 13.4. The van der Waals surface area contributed by atoms with E-state index in [9.17, 15) is 5.11 Å². The number of β-amino-alcohol motifs (C(OH)–C–C–N with tert-alkyl or cyclic N) is 1. The fraction of sp³-hybridized carbons (Fsp3) is 0.550. The molecule has 5 nitrogen and oxygen atoms in total. The zero-order valence-electron chi connectivity index (χ0n) is 15.9. The minimum Gasteiger partial charge on any atom is -0.491 e. The lowest BCUT2D eigenvalue weighted by Crippen LogP contribution is -2.49. The van der Waals surface area contributed by atoms with Crippen molar-refractivity contribution >= 4 is 16.5 Å². The maximum absolute atomic E-state index is 10.3. The van der Waals surface area contributed by atoms with Crippen LogP contribution in [0.3, 0.4) is 0 Å². The van der Waals surface area contributed by atoms with Gasteiger partial charge in [0.2, 0.25) is 0 Å². The van der Waals surface area contributed by atoms with Gasteiger partial charge in [0.05, 0.1) is 0 Å². The highest BCUT2D eigenvalue weighted by Gasteiger charge is 2.21. The molecule has 1 aliphatic rings. The number of aliphatic hydroxyl groups is 1. The van der Waals surface area contributed by atoms with Crippen molar-refractivity contribution in [3.63, 3.8) is 0 Å². The molecule has 0 radical (unpaired) electrons. The number of aromatic nitrogens is 1. The number of ether oxygens (including phenoxy) is 1. The lowest BCUT2D eigenvalue weighted by molar-refractivity contribution is 0.0663. The number of piperazine rings is 1. The van der Waals surface area contributed by atoms with E-state index in [1.807, 2.05) is 23.7 Å². The summed E-state index contributed by atoms with van der Waals surface area (Å²) in [7, 11) is 0. The van der Waals surface area contributed by atoms with E-state index in [4.69, 9.17) is 4.74 Å². The quantitative estimate of drug-likeness (QED) is 0.841. The first-order chi connectivity index (χ1) is 12.4. The van der Waals surface area contributed by atoms with E-state index in [1.54, 1.807) is 11.3 Å². The van der Waals surface area contributed by atoms with Crippen LogP contribution in [0.5, 0.6) is 5.75 Å². The van der Waals surface area contributed by atoms with Gasteiger partial charge in [-0.1, -0.05) is 32.9 Å². The molecule has 1 unspecified atom stereocenters. The third-order valence-electron chi connectivity index (χ3n) is 4.69. The summed E-state index contributed by atoms with van der Waals surface area (Å²) in [5.41, 5.74) is 1.42. The van der Waals surface area contributed by atoms with E-state index in [-0.39, 0.29) is 5.41 Å². The van der Waals surface area contributed by atoms with Gasteiger partial charge < -0.3 is 14.7 Å². The van der Waals surface area contributed by atoms with Crippen molar-refractivity contribution in [1.82, 2.24) is 9.88 Å². The van der Waals surface area contributed by atoms with Crippen molar-refractivity contribution < 1.29 is 9.84 Å². The Hall–Kier alpha value is -1.63. The van der Waals surface area contributed by atoms with Crippen molar-refractivity contribution in [2.24, 2.45) is 0 Å². The lowest BCUT2D eigenvalue weighted by atomic mass is 9.87. The molecule has 1 aliphatic heterocycles. The standard InChI is InChI=1S/C20H29N3O2S/c1-20(2,3)16-4-6-18(7-5-16)25-15-17(24)14-22-9-11-23(12-10-22)19-21-8-13-26-19/h4-8,13,17,24H,9-12,14-15H2,1-3H3. The van der Waals surface area contributed by atoms with E-state index in [0.29, 0.717) is 13.2 Å². The molecule has 0 bridgehead atoms. The molecule has 6 heteroatoms. The number of anilines is 1. The van der Waals surface area contributed by atoms with Gasteiger partial charge in [-0.25, -0.2) is 4.98 Å². The summed E-state index contributed by atoms with van der Waals surface area (Å²) in [5.74, 6) is 0.811. The number of hydrogen-bond acceptors (Lipinski definition) is 6. The number of hydrogen-bond donors (Lipinski definition) is 1. The second kappa shape index (κ2) is 8.37. The van der Waals surface area contributed by atoms with E-state index in [0.717, 1.165) is 37.1 Å². The van der Waals surface area contributed by atoms with Gasteiger partial charge in [0.1, 0.15) is 18.5 Å². The third-order valence-corrected chi connectivity index (χ3v) is 5.53. The van der Waals surface area contributed by atoms with Crippen LogP contribution in [0, 0.1) is 0 Å². The zero-order valence-corrected chi connectivity index (χ0v) is 16.7. The normalized spacial score (nSPS) is 17.3. The minimum atomic E-state index is -0.483. The van der Waals surface area contributed by atoms with Crippen molar-refractivity contribution in [1.29, 1.82) is 0 Å². The van der Waals surface area contributed by atoms with Crippen LogP contribution in [0.25, 0.3) is 0 Å². The highest BCUT2D eigenvalue weighted by molar-refractivity contribution is 7.13. The van der Waals surface area contributed by atoms with Crippen LogP contribution in [0.2, 0.25) is 0 Å². The van der Waals surface area contributed by atoms with Gasteiger partial charge in [0.15, 0.2) is 5.13 Å². The molecule has 1 N–H and O–H groups in total. The Labute approximate surface area is 160 Å². The summed E-state index contributed by atoms with van der Waals surface area (Å²) in [4.78, 5) is 8.97. The molecule has 26 heavy (non-hydrogen) atoms. The Morgan fingerprint density at radius 1 is 1.15 bits per heavy atom. The molecule has 0 spiro atoms. The third kappa shape index (κ3) is 5.19. The summed E-state index contributed by atoms with van der Waals surface area (Å²) < 4.78 is 5.76. The smallest absolute Gasteiger partial charge is 0.185 e. The highest BCUT2D eigenvalue weighted by Crippen LogP contribution is 2.24. The van der Waals surface area contributed by atoms with Crippen LogP contribution in [0.4, 0.5) is 5.13 Å². The van der Waals surface area contributed by atoms with Gasteiger partial charge in [-0.3, -0.25) is 4.90 Å². The van der Waals surface area contributed by atoms with Crippen molar-refractivity contribution in [2.75, 3.05) is 44.2 Å². The Morgan fingerprint density at radius 2 is 1.85 bits per heavy atom. The summed E-state index contributed by atoms with van der Waals surface area (Å²) in [6.45, 7) is 11.3. The van der Waals surface area contributed by atoms with Gasteiger partial charge in [-0.15, -0.1) is 11.3 Å². The van der Waals surface area contributed by atoms with Crippen LogP contribution in [-0.2, 0) is 5.41 Å². The molecule has 1 saturated heterocycles. The maximum atomic E-state index is 10.3. The number of nitrogens with zero attached hydrogens (tertiary/aromatic N) is 3. The average molecular weight is 376 g/mol. The molecule has 0 saturated carbocycles. The summed E-state index contributed by atoms with van der Waals surface area (Å²) in [6, 6.07) is 8.17. The van der Waals surface area contributed by atoms with Gasteiger partial charge in [0, 0.05) is 44.3 Å². The Balaban J connectivity index is 1.40. The fourth-order valence-corrected chi connectivity index (χ4v) is 3.78. The number of aliphatic hydroxyl groups excluding tert-OH is 1. The van der Waals surface area contributed by atoms with E-state index in [2.05, 4.69) is 47.7 Å². The first-order valence-electron chi connectivity index (χ1n) is 9.20. The van der Waals surface area contributed by atoms with Crippen LogP contribution in [0.1, 0.15) is 26.3 Å². The first kappa shape index (κ1) is 19.1. The number of rotatable bonds is 6. The monoisotopic (exact) mass is 375 g/mol. The van der Waals surface area contributed by atoms with Gasteiger partial charge in [0.25, 0.3) is 0 Å². The number of thiazole rings is 1. The summed E-state index contributed by atoms with van der Waals surface area (Å²) >= 11 is 1.68. The predicted octanol–water partition coefficient (Wildman–Crippen LogP) is 3.00. The molecule has 2 aromatic rings. The van der Waals surface area contributed by atoms with Gasteiger partial charge in [-0.05, 0) is 23.1 Å². The van der Waals surface area contributed by atoms with Crippen LogP contribution in [0.15, 0.2) is 35.8 Å². The fourth-order valence-electron chi connectivity index (χ4n) is 3.09. The second-order valence-electron chi connectivity index (χ2n) is 7.84. The largest absolute Gasteiger partial charge is 0.491 e. The lowest BCUT2D eigenvalue weighted by Gasteiger charge is -2.35. The Kier molecular flexibility index (Phi) is 6.16. The highest BCUT2D eigenvalue weighted by atomic mass is 32.1. The molecule has 0 amide bonds. The molecular formula is C20H29N3O2S. The molecule has 142 valence electrons. The predicted molar refractivity (Wildman–Crippen MR) is 107 cm³/mol. The molecular weight excluding hydrogens is 346 g/mol. The first-order valence-corrected chi connectivity index (χ1v) is 10.1. The van der Waals surface area contributed by atoms with Gasteiger partial charge in [-0.2, -0.15) is 0 Å². The average Bonchev–Trinajstić information content (AvgIpc) is 3.15.